The summed E-state index contributed by atoms with van der Waals surface area (Å²) in [5, 5.41) is 14.1. The molecule has 7 nitrogen and oxygen atoms in total. The molecule has 1 aromatic heterocycles. The van der Waals surface area contributed by atoms with Gasteiger partial charge in [0.15, 0.2) is 0 Å². The average Bonchev–Trinajstić information content (AvgIpc) is 2.99. The summed E-state index contributed by atoms with van der Waals surface area (Å²) >= 11 is 3.48. The number of halogens is 1. The van der Waals surface area contributed by atoms with Gasteiger partial charge < -0.3 is 25.8 Å². The molecule has 146 valence electrons. The molecule has 0 spiro atoms. The molecule has 0 bridgehead atoms. The lowest BCUT2D eigenvalue weighted by molar-refractivity contribution is 0.0175. The number of nitrogens with two attached hydrogens (primary N) is 1. The third-order valence-corrected chi connectivity index (χ3v) is 4.95. The van der Waals surface area contributed by atoms with Crippen LogP contribution in [-0.4, -0.2) is 51.9 Å². The van der Waals surface area contributed by atoms with E-state index in [9.17, 15) is 9.90 Å². The van der Waals surface area contributed by atoms with Crippen LogP contribution >= 0.6 is 15.9 Å². The molecule has 2 aromatic rings. The minimum Gasteiger partial charge on any atom is -0.444 e. The molecule has 2 atom stereocenters. The molecule has 1 aliphatic heterocycles. The number of nitrogens with zero attached hydrogens (tertiary/aromatic N) is 2. The van der Waals surface area contributed by atoms with E-state index in [-0.39, 0.29) is 18.7 Å². The van der Waals surface area contributed by atoms with Gasteiger partial charge in [0.25, 0.3) is 0 Å². The van der Waals surface area contributed by atoms with Gasteiger partial charge in [-0.25, -0.2) is 4.79 Å². The first-order valence-corrected chi connectivity index (χ1v) is 9.68. The fourth-order valence-electron chi connectivity index (χ4n) is 3.28. The predicted octanol–water partition coefficient (Wildman–Crippen LogP) is 3.36. The number of benzene rings is 1. The number of amides is 1. The van der Waals surface area contributed by atoms with Crippen LogP contribution in [0.4, 0.5) is 16.2 Å². The number of likely N-dealkylation sites (tertiary alicyclic amines) is 1. The van der Waals surface area contributed by atoms with Crippen LogP contribution in [0, 0.1) is 0 Å². The van der Waals surface area contributed by atoms with Crippen LogP contribution in [0.25, 0.3) is 10.9 Å². The van der Waals surface area contributed by atoms with Crippen LogP contribution in [0.1, 0.15) is 27.2 Å². The molecule has 4 N–H and O–H groups in total. The molecule has 2 heterocycles. The molecule has 0 unspecified atom stereocenters. The molecule has 1 aromatic carbocycles. The highest BCUT2D eigenvalue weighted by Gasteiger charge is 2.37. The zero-order valence-electron chi connectivity index (χ0n) is 15.7. The van der Waals surface area contributed by atoms with Crippen LogP contribution < -0.4 is 11.1 Å². The van der Waals surface area contributed by atoms with Gasteiger partial charge in [0.2, 0.25) is 0 Å². The summed E-state index contributed by atoms with van der Waals surface area (Å²) in [6.45, 7) is 5.79. The van der Waals surface area contributed by atoms with Crippen molar-refractivity contribution in [1.29, 1.82) is 0 Å². The van der Waals surface area contributed by atoms with E-state index in [0.29, 0.717) is 18.7 Å². The molecule has 3 rings (SSSR count). The van der Waals surface area contributed by atoms with Crippen molar-refractivity contribution in [3.63, 3.8) is 0 Å². The molecule has 1 saturated heterocycles. The molecular formula is C19H25BrN4O3. The second-order valence-electron chi connectivity index (χ2n) is 7.80. The van der Waals surface area contributed by atoms with Crippen LogP contribution in [0.5, 0.6) is 0 Å². The van der Waals surface area contributed by atoms with Gasteiger partial charge in [-0.05, 0) is 45.4 Å². The summed E-state index contributed by atoms with van der Waals surface area (Å²) in [6.07, 6.45) is 1.82. The largest absolute Gasteiger partial charge is 0.444 e. The number of aliphatic hydroxyl groups is 1. The number of rotatable bonds is 3. The predicted molar refractivity (Wildman–Crippen MR) is 110 cm³/mol. The number of carbonyl (C=O) groups is 1. The van der Waals surface area contributed by atoms with Gasteiger partial charge >= 0.3 is 6.09 Å². The van der Waals surface area contributed by atoms with E-state index in [1.54, 1.807) is 11.1 Å². The number of carbonyl (C=O) groups excluding carboxylic acids is 1. The van der Waals surface area contributed by atoms with Gasteiger partial charge in [0.1, 0.15) is 5.60 Å². The van der Waals surface area contributed by atoms with Crippen molar-refractivity contribution in [2.75, 3.05) is 24.2 Å². The lowest BCUT2D eigenvalue weighted by atomic mass is 10.1. The highest BCUT2D eigenvalue weighted by Crippen LogP contribution is 2.32. The molecule has 1 amide bonds. The summed E-state index contributed by atoms with van der Waals surface area (Å²) in [5.41, 5.74) is 7.74. The normalized spacial score (nSPS) is 20.1. The van der Waals surface area contributed by atoms with E-state index in [4.69, 9.17) is 10.5 Å². The van der Waals surface area contributed by atoms with Crippen molar-refractivity contribution in [2.45, 2.75) is 44.9 Å². The summed E-state index contributed by atoms with van der Waals surface area (Å²) < 4.78 is 6.40. The molecule has 0 saturated carbocycles. The van der Waals surface area contributed by atoms with Gasteiger partial charge in [-0.3, -0.25) is 4.98 Å². The van der Waals surface area contributed by atoms with Crippen LogP contribution in [0.15, 0.2) is 28.9 Å². The molecule has 27 heavy (non-hydrogen) atoms. The summed E-state index contributed by atoms with van der Waals surface area (Å²) in [6, 6.07) is 5.46. The number of nitrogens with one attached hydrogen (secondary N) is 1. The monoisotopic (exact) mass is 436 g/mol. The van der Waals surface area contributed by atoms with E-state index in [1.165, 1.54) is 0 Å². The molecule has 0 radical (unpaired) electrons. The maximum absolute atomic E-state index is 12.5. The summed E-state index contributed by atoms with van der Waals surface area (Å²) in [5.74, 6) is 0. The minimum atomic E-state index is -0.583. The Morgan fingerprint density at radius 3 is 2.89 bits per heavy atom. The number of aliphatic hydroxyl groups excluding tert-OH is 1. The number of ether oxygens (including phenoxy) is 1. The van der Waals surface area contributed by atoms with Crippen molar-refractivity contribution in [3.05, 3.63) is 28.9 Å². The average molecular weight is 437 g/mol. The zero-order valence-corrected chi connectivity index (χ0v) is 17.3. The molecule has 0 aliphatic carbocycles. The van der Waals surface area contributed by atoms with Gasteiger partial charge in [-0.1, -0.05) is 15.9 Å². The van der Waals surface area contributed by atoms with Crippen molar-refractivity contribution < 1.29 is 14.6 Å². The van der Waals surface area contributed by atoms with E-state index in [0.717, 1.165) is 21.1 Å². The first-order valence-electron chi connectivity index (χ1n) is 8.88. The molecule has 1 fully saturated rings. The van der Waals surface area contributed by atoms with E-state index >= 15 is 0 Å². The Bertz CT molecular complexity index is 847. The first kappa shape index (κ1) is 19.7. The number of hydrogen-bond acceptors (Lipinski definition) is 6. The lowest BCUT2D eigenvalue weighted by Crippen LogP contribution is -2.41. The third kappa shape index (κ3) is 4.44. The van der Waals surface area contributed by atoms with Crippen LogP contribution in [0.2, 0.25) is 0 Å². The van der Waals surface area contributed by atoms with E-state index in [1.807, 2.05) is 39.0 Å². The van der Waals surface area contributed by atoms with Gasteiger partial charge in [0.05, 0.1) is 35.7 Å². The van der Waals surface area contributed by atoms with Gasteiger partial charge in [0, 0.05) is 22.4 Å². The maximum atomic E-state index is 12.5. The molecule has 1 aliphatic rings. The number of anilines is 2. The Labute approximate surface area is 167 Å². The lowest BCUT2D eigenvalue weighted by Gasteiger charge is -2.27. The highest BCUT2D eigenvalue weighted by molar-refractivity contribution is 9.10. The standard InChI is InChI=1S/C19H25BrN4O3/c1-19(2,3)27-18(26)24-9-12(7-13(24)10-25)23-17-14-6-11(20)4-5-16(14)22-8-15(17)21/h4-6,8,12-13,25H,7,9-10,21H2,1-3H3,(H,22,23)/t12-,13+/m1/s1. The second kappa shape index (κ2) is 7.52. The highest BCUT2D eigenvalue weighted by atomic mass is 79.9. The summed E-state index contributed by atoms with van der Waals surface area (Å²) in [7, 11) is 0. The zero-order chi connectivity index (χ0) is 19.8. The topological polar surface area (TPSA) is 101 Å². The first-order chi connectivity index (χ1) is 12.7. The number of fused-ring (bicyclic) bond motifs is 1. The van der Waals surface area contributed by atoms with Crippen molar-refractivity contribution in [2.24, 2.45) is 0 Å². The molecular weight excluding hydrogens is 412 g/mol. The number of pyridine rings is 1. The number of hydrogen-bond donors (Lipinski definition) is 3. The van der Waals surface area contributed by atoms with Gasteiger partial charge in [-0.2, -0.15) is 0 Å². The smallest absolute Gasteiger partial charge is 0.410 e. The fraction of sp³-hybridized carbons (Fsp3) is 0.474. The van der Waals surface area contributed by atoms with Crippen LogP contribution in [-0.2, 0) is 4.74 Å². The van der Waals surface area contributed by atoms with Gasteiger partial charge in [-0.15, -0.1) is 0 Å². The Morgan fingerprint density at radius 1 is 1.48 bits per heavy atom. The van der Waals surface area contributed by atoms with E-state index < -0.39 is 11.7 Å². The van der Waals surface area contributed by atoms with Crippen molar-refractivity contribution in [3.8, 4) is 0 Å². The van der Waals surface area contributed by atoms with E-state index in [2.05, 4.69) is 26.2 Å². The Morgan fingerprint density at radius 2 is 2.22 bits per heavy atom. The number of nitrogen functional groups attached to an aromatic ring is 1. The third-order valence-electron chi connectivity index (χ3n) is 4.46. The van der Waals surface area contributed by atoms with Crippen molar-refractivity contribution in [1.82, 2.24) is 9.88 Å². The quantitative estimate of drug-likeness (QED) is 0.681. The Hall–Kier alpha value is -2.06. The van der Waals surface area contributed by atoms with Crippen molar-refractivity contribution >= 4 is 44.3 Å². The Balaban J connectivity index is 1.83. The second-order valence-corrected chi connectivity index (χ2v) is 8.71. The minimum absolute atomic E-state index is 0.0541. The number of aromatic nitrogens is 1. The summed E-state index contributed by atoms with van der Waals surface area (Å²) in [4.78, 5) is 18.4. The SMILES string of the molecule is CC(C)(C)OC(=O)N1C[C@H](Nc2c(N)cnc3ccc(Br)cc23)C[C@H]1CO. The Kier molecular flexibility index (Phi) is 5.48. The fourth-order valence-corrected chi connectivity index (χ4v) is 3.65. The maximum Gasteiger partial charge on any atom is 0.410 e. The molecule has 8 heteroatoms. The van der Waals surface area contributed by atoms with Crippen LogP contribution in [0.3, 0.4) is 0 Å².